The number of hydrogen-bond donors (Lipinski definition) is 1. The molecule has 0 radical (unpaired) electrons. The highest BCUT2D eigenvalue weighted by Crippen LogP contribution is 2.26. The van der Waals surface area contributed by atoms with Crippen LogP contribution in [-0.4, -0.2) is 38.2 Å². The molecule has 2 aliphatic rings. The highest BCUT2D eigenvalue weighted by Gasteiger charge is 2.24. The number of nitrogens with zero attached hydrogens (tertiary/aromatic N) is 1. The quantitative estimate of drug-likeness (QED) is 0.849. The van der Waals surface area contributed by atoms with Gasteiger partial charge in [-0.15, -0.1) is 0 Å². The second-order valence-corrected chi connectivity index (χ2v) is 5.22. The van der Waals surface area contributed by atoms with Gasteiger partial charge in [0.1, 0.15) is 5.75 Å². The summed E-state index contributed by atoms with van der Waals surface area (Å²) < 4.78 is 6.00. The topological polar surface area (TPSA) is 24.5 Å². The average molecular weight is 232 g/mol. The Bertz CT molecular complexity index is 399. The zero-order chi connectivity index (χ0) is 11.7. The van der Waals surface area contributed by atoms with Gasteiger partial charge in [0, 0.05) is 25.6 Å². The normalized spacial score (nSPS) is 20.8. The van der Waals surface area contributed by atoms with Gasteiger partial charge in [-0.3, -0.25) is 0 Å². The van der Waals surface area contributed by atoms with E-state index in [4.69, 9.17) is 4.74 Å². The van der Waals surface area contributed by atoms with Crippen molar-refractivity contribution in [3.63, 3.8) is 0 Å². The number of ether oxygens (including phenoxy) is 1. The van der Waals surface area contributed by atoms with Crippen LogP contribution in [-0.2, 0) is 13.0 Å². The van der Waals surface area contributed by atoms with E-state index in [9.17, 15) is 0 Å². The molecule has 1 aromatic carbocycles. The molecule has 1 N–H and O–H groups in total. The van der Waals surface area contributed by atoms with E-state index in [-0.39, 0.29) is 0 Å². The molecule has 1 aromatic rings. The summed E-state index contributed by atoms with van der Waals surface area (Å²) in [6.07, 6.45) is 1.09. The van der Waals surface area contributed by atoms with Gasteiger partial charge in [-0.05, 0) is 37.2 Å². The van der Waals surface area contributed by atoms with E-state index in [2.05, 4.69) is 35.5 Å². The zero-order valence-corrected chi connectivity index (χ0v) is 10.4. The van der Waals surface area contributed by atoms with E-state index in [1.54, 1.807) is 0 Å². The Hall–Kier alpha value is -1.06. The Balaban J connectivity index is 1.66. The van der Waals surface area contributed by atoms with Gasteiger partial charge >= 0.3 is 0 Å². The maximum atomic E-state index is 6.00. The smallest absolute Gasteiger partial charge is 0.122 e. The number of rotatable bonds is 3. The number of nitrogens with one attached hydrogen (secondary N) is 1. The summed E-state index contributed by atoms with van der Waals surface area (Å²) >= 11 is 0. The van der Waals surface area contributed by atoms with Crippen LogP contribution >= 0.6 is 0 Å². The van der Waals surface area contributed by atoms with E-state index in [0.29, 0.717) is 0 Å². The molecule has 2 heterocycles. The number of benzene rings is 1. The molecule has 0 atom stereocenters. The standard InChI is InChI=1S/C14H20N2O/c1-16-8-11(9-16)10-17-14-4-2-3-12-7-15-6-5-13(12)14/h2-4,11,15H,5-10H2,1H3. The first-order chi connectivity index (χ1) is 8.33. The monoisotopic (exact) mass is 232 g/mol. The lowest BCUT2D eigenvalue weighted by molar-refractivity contribution is 0.0852. The summed E-state index contributed by atoms with van der Waals surface area (Å²) in [5, 5.41) is 3.40. The van der Waals surface area contributed by atoms with Crippen LogP contribution in [0.1, 0.15) is 11.1 Å². The van der Waals surface area contributed by atoms with Crippen molar-refractivity contribution in [1.82, 2.24) is 10.2 Å². The first-order valence-electron chi connectivity index (χ1n) is 6.46. The summed E-state index contributed by atoms with van der Waals surface area (Å²) in [7, 11) is 2.16. The number of likely N-dealkylation sites (tertiary alicyclic amines) is 1. The Kier molecular flexibility index (Phi) is 3.04. The molecule has 0 spiro atoms. The van der Waals surface area contributed by atoms with E-state index in [1.807, 2.05) is 0 Å². The summed E-state index contributed by atoms with van der Waals surface area (Å²) in [5.41, 5.74) is 2.82. The first kappa shape index (κ1) is 11.1. The van der Waals surface area contributed by atoms with Gasteiger partial charge in [-0.25, -0.2) is 0 Å². The van der Waals surface area contributed by atoms with Gasteiger partial charge in [0.25, 0.3) is 0 Å². The zero-order valence-electron chi connectivity index (χ0n) is 10.4. The molecule has 0 saturated carbocycles. The maximum Gasteiger partial charge on any atom is 0.122 e. The van der Waals surface area contributed by atoms with Gasteiger partial charge in [0.05, 0.1) is 6.61 Å². The highest BCUT2D eigenvalue weighted by molar-refractivity contribution is 5.41. The van der Waals surface area contributed by atoms with Gasteiger partial charge in [-0.2, -0.15) is 0 Å². The lowest BCUT2D eigenvalue weighted by atomic mass is 9.99. The molecule has 0 aromatic heterocycles. The van der Waals surface area contributed by atoms with E-state index in [0.717, 1.165) is 37.8 Å². The second-order valence-electron chi connectivity index (χ2n) is 5.22. The van der Waals surface area contributed by atoms with Crippen molar-refractivity contribution in [3.8, 4) is 5.75 Å². The lowest BCUT2D eigenvalue weighted by Crippen LogP contribution is -2.46. The van der Waals surface area contributed by atoms with Crippen molar-refractivity contribution in [3.05, 3.63) is 29.3 Å². The Labute approximate surface area is 103 Å². The van der Waals surface area contributed by atoms with Gasteiger partial charge in [0.15, 0.2) is 0 Å². The summed E-state index contributed by atoms with van der Waals surface area (Å²) in [4.78, 5) is 2.33. The highest BCUT2D eigenvalue weighted by atomic mass is 16.5. The molecule has 17 heavy (non-hydrogen) atoms. The summed E-state index contributed by atoms with van der Waals surface area (Å²) in [6.45, 7) is 5.28. The summed E-state index contributed by atoms with van der Waals surface area (Å²) in [6, 6.07) is 6.42. The maximum absolute atomic E-state index is 6.00. The van der Waals surface area contributed by atoms with Crippen LogP contribution in [0.3, 0.4) is 0 Å². The SMILES string of the molecule is CN1CC(COc2cccc3c2CCNC3)C1. The Morgan fingerprint density at radius 1 is 1.41 bits per heavy atom. The van der Waals surface area contributed by atoms with Crippen LogP contribution in [0.5, 0.6) is 5.75 Å². The fourth-order valence-corrected chi connectivity index (χ4v) is 2.77. The van der Waals surface area contributed by atoms with E-state index in [1.165, 1.54) is 24.2 Å². The Morgan fingerprint density at radius 2 is 2.29 bits per heavy atom. The van der Waals surface area contributed by atoms with Crippen LogP contribution in [0.15, 0.2) is 18.2 Å². The molecular weight excluding hydrogens is 212 g/mol. The Morgan fingerprint density at radius 3 is 3.12 bits per heavy atom. The average Bonchev–Trinajstić information content (AvgIpc) is 2.33. The molecule has 3 heteroatoms. The minimum Gasteiger partial charge on any atom is -0.493 e. The van der Waals surface area contributed by atoms with Crippen molar-refractivity contribution in [2.75, 3.05) is 33.3 Å². The fraction of sp³-hybridized carbons (Fsp3) is 0.571. The van der Waals surface area contributed by atoms with Gasteiger partial charge < -0.3 is 15.0 Å². The predicted molar refractivity (Wildman–Crippen MR) is 68.3 cm³/mol. The second kappa shape index (κ2) is 4.67. The predicted octanol–water partition coefficient (Wildman–Crippen LogP) is 1.27. The molecule has 3 rings (SSSR count). The minimum atomic E-state index is 0.720. The molecule has 2 aliphatic heterocycles. The van der Waals surface area contributed by atoms with Gasteiger partial charge in [0.2, 0.25) is 0 Å². The largest absolute Gasteiger partial charge is 0.493 e. The fourth-order valence-electron chi connectivity index (χ4n) is 2.77. The third-order valence-electron chi connectivity index (χ3n) is 3.71. The molecule has 0 aliphatic carbocycles. The molecule has 0 unspecified atom stereocenters. The van der Waals surface area contributed by atoms with Crippen LogP contribution < -0.4 is 10.1 Å². The molecule has 1 fully saturated rings. The van der Waals surface area contributed by atoms with Crippen molar-refractivity contribution in [2.24, 2.45) is 5.92 Å². The van der Waals surface area contributed by atoms with Crippen molar-refractivity contribution >= 4 is 0 Å². The van der Waals surface area contributed by atoms with E-state index < -0.39 is 0 Å². The van der Waals surface area contributed by atoms with Gasteiger partial charge in [-0.1, -0.05) is 12.1 Å². The summed E-state index contributed by atoms with van der Waals surface area (Å²) in [5.74, 6) is 1.83. The molecule has 3 nitrogen and oxygen atoms in total. The van der Waals surface area contributed by atoms with Crippen molar-refractivity contribution in [2.45, 2.75) is 13.0 Å². The van der Waals surface area contributed by atoms with Crippen LogP contribution in [0, 0.1) is 5.92 Å². The number of hydrogen-bond acceptors (Lipinski definition) is 3. The van der Waals surface area contributed by atoms with Crippen LogP contribution in [0.2, 0.25) is 0 Å². The van der Waals surface area contributed by atoms with E-state index >= 15 is 0 Å². The van der Waals surface area contributed by atoms with Crippen LogP contribution in [0.25, 0.3) is 0 Å². The minimum absolute atomic E-state index is 0.720. The number of fused-ring (bicyclic) bond motifs is 1. The molecule has 1 saturated heterocycles. The lowest BCUT2D eigenvalue weighted by Gasteiger charge is -2.36. The first-order valence-corrected chi connectivity index (χ1v) is 6.46. The molecule has 92 valence electrons. The molecule has 0 amide bonds. The molecular formula is C14H20N2O. The van der Waals surface area contributed by atoms with Crippen molar-refractivity contribution < 1.29 is 4.74 Å². The third-order valence-corrected chi connectivity index (χ3v) is 3.71. The van der Waals surface area contributed by atoms with Crippen molar-refractivity contribution in [1.29, 1.82) is 0 Å². The third kappa shape index (κ3) is 2.31. The van der Waals surface area contributed by atoms with Crippen LogP contribution in [0.4, 0.5) is 0 Å². The molecule has 0 bridgehead atoms.